The highest BCUT2D eigenvalue weighted by atomic mass is 19.4. The summed E-state index contributed by atoms with van der Waals surface area (Å²) in [6.45, 7) is 1.74. The van der Waals surface area contributed by atoms with Gasteiger partial charge in [-0.3, -0.25) is 4.79 Å². The molecule has 0 amide bonds. The Morgan fingerprint density at radius 3 is 2.41 bits per heavy atom. The summed E-state index contributed by atoms with van der Waals surface area (Å²) >= 11 is 0. The summed E-state index contributed by atoms with van der Waals surface area (Å²) in [6.07, 6.45) is -3.80. The van der Waals surface area contributed by atoms with E-state index in [4.69, 9.17) is 5.11 Å². The Morgan fingerprint density at radius 2 is 1.94 bits per heavy atom. The van der Waals surface area contributed by atoms with E-state index in [1.165, 1.54) is 18.2 Å². The Labute approximate surface area is 97.1 Å². The zero-order valence-electron chi connectivity index (χ0n) is 9.29. The highest BCUT2D eigenvalue weighted by Gasteiger charge is 2.36. The van der Waals surface area contributed by atoms with Crippen LogP contribution < -0.4 is 0 Å². The first-order chi connectivity index (χ1) is 7.88. The van der Waals surface area contributed by atoms with Crippen LogP contribution in [0.4, 0.5) is 13.2 Å². The van der Waals surface area contributed by atoms with Crippen LogP contribution >= 0.6 is 0 Å². The number of hydrogen-bond donors (Lipinski definition) is 1. The topological polar surface area (TPSA) is 37.3 Å². The first kappa shape index (κ1) is 13.5. The summed E-state index contributed by atoms with van der Waals surface area (Å²) in [5, 5.41) is 8.98. The van der Waals surface area contributed by atoms with Gasteiger partial charge in [0, 0.05) is 0 Å². The second kappa shape index (κ2) is 5.21. The molecule has 0 radical (unpaired) electrons. The number of carboxylic acid groups (broad SMARTS) is 1. The van der Waals surface area contributed by atoms with Crippen molar-refractivity contribution in [2.45, 2.75) is 31.9 Å². The van der Waals surface area contributed by atoms with Crippen molar-refractivity contribution in [1.82, 2.24) is 0 Å². The Bertz CT molecular complexity index is 399. The van der Waals surface area contributed by atoms with Gasteiger partial charge in [0.2, 0.25) is 0 Å². The highest BCUT2D eigenvalue weighted by Crippen LogP contribution is 2.36. The monoisotopic (exact) mass is 246 g/mol. The highest BCUT2D eigenvalue weighted by molar-refractivity contribution is 5.76. The smallest absolute Gasteiger partial charge is 0.416 e. The molecular weight excluding hydrogens is 233 g/mol. The van der Waals surface area contributed by atoms with E-state index < -0.39 is 23.6 Å². The lowest BCUT2D eigenvalue weighted by atomic mass is 9.90. The molecule has 0 fully saturated rings. The summed E-state index contributed by atoms with van der Waals surface area (Å²) in [6, 6.07) is 4.84. The van der Waals surface area contributed by atoms with Gasteiger partial charge in [-0.1, -0.05) is 31.5 Å². The summed E-state index contributed by atoms with van der Waals surface area (Å²) in [7, 11) is 0. The molecule has 1 aromatic carbocycles. The van der Waals surface area contributed by atoms with E-state index >= 15 is 0 Å². The van der Waals surface area contributed by atoms with Crippen molar-refractivity contribution >= 4 is 5.97 Å². The van der Waals surface area contributed by atoms with Gasteiger partial charge < -0.3 is 5.11 Å². The van der Waals surface area contributed by atoms with Gasteiger partial charge in [-0.2, -0.15) is 13.2 Å². The molecule has 0 aliphatic rings. The van der Waals surface area contributed by atoms with Crippen molar-refractivity contribution in [3.63, 3.8) is 0 Å². The molecule has 1 unspecified atom stereocenters. The zero-order valence-corrected chi connectivity index (χ0v) is 9.29. The van der Waals surface area contributed by atoms with Crippen LogP contribution in [0.2, 0.25) is 0 Å². The van der Waals surface area contributed by atoms with E-state index in [1.807, 2.05) is 0 Å². The molecule has 0 bridgehead atoms. The standard InChI is InChI=1S/C12H13F3O2/c1-2-5-9(11(16)17)8-6-3-4-7-10(8)12(13,14)15/h3-4,6-7,9H,2,5H2,1H3,(H,16,17). The minimum absolute atomic E-state index is 0.158. The fourth-order valence-electron chi connectivity index (χ4n) is 1.76. The van der Waals surface area contributed by atoms with Crippen LogP contribution in [0.5, 0.6) is 0 Å². The number of carboxylic acids is 1. The van der Waals surface area contributed by atoms with Gasteiger partial charge in [0.05, 0.1) is 11.5 Å². The zero-order chi connectivity index (χ0) is 13.1. The Balaban J connectivity index is 3.23. The summed E-state index contributed by atoms with van der Waals surface area (Å²) in [5.41, 5.74) is -1.02. The molecule has 1 atom stereocenters. The van der Waals surface area contributed by atoms with Gasteiger partial charge in [-0.15, -0.1) is 0 Å². The molecule has 94 valence electrons. The molecule has 0 saturated carbocycles. The molecule has 2 nitrogen and oxygen atoms in total. The number of hydrogen-bond acceptors (Lipinski definition) is 1. The van der Waals surface area contributed by atoms with Crippen LogP contribution in [0.3, 0.4) is 0 Å². The molecule has 0 spiro atoms. The largest absolute Gasteiger partial charge is 0.481 e. The molecule has 0 aromatic heterocycles. The lowest BCUT2D eigenvalue weighted by Crippen LogP contribution is -2.17. The van der Waals surface area contributed by atoms with Gasteiger partial charge >= 0.3 is 12.1 Å². The predicted molar refractivity (Wildman–Crippen MR) is 56.7 cm³/mol. The number of carbonyl (C=O) groups is 1. The second-order valence-corrected chi connectivity index (χ2v) is 3.76. The van der Waals surface area contributed by atoms with Gasteiger partial charge in [-0.05, 0) is 18.1 Å². The fraction of sp³-hybridized carbons (Fsp3) is 0.417. The van der Waals surface area contributed by atoms with Crippen molar-refractivity contribution in [3.8, 4) is 0 Å². The lowest BCUT2D eigenvalue weighted by molar-refractivity contribution is -0.141. The maximum Gasteiger partial charge on any atom is 0.416 e. The molecule has 1 rings (SSSR count). The maximum absolute atomic E-state index is 12.7. The van der Waals surface area contributed by atoms with Crippen molar-refractivity contribution in [2.24, 2.45) is 0 Å². The van der Waals surface area contributed by atoms with E-state index in [1.54, 1.807) is 6.92 Å². The first-order valence-corrected chi connectivity index (χ1v) is 5.26. The van der Waals surface area contributed by atoms with Crippen molar-refractivity contribution in [3.05, 3.63) is 35.4 Å². The summed E-state index contributed by atoms with van der Waals surface area (Å²) in [5.74, 6) is -2.32. The van der Waals surface area contributed by atoms with E-state index in [-0.39, 0.29) is 12.0 Å². The number of rotatable bonds is 4. The van der Waals surface area contributed by atoms with Gasteiger partial charge in [0.1, 0.15) is 0 Å². The minimum Gasteiger partial charge on any atom is -0.481 e. The quantitative estimate of drug-likeness (QED) is 0.880. The van der Waals surface area contributed by atoms with Gasteiger partial charge in [0.25, 0.3) is 0 Å². The Kier molecular flexibility index (Phi) is 4.15. The number of alkyl halides is 3. The van der Waals surface area contributed by atoms with E-state index in [0.29, 0.717) is 6.42 Å². The molecule has 5 heteroatoms. The van der Waals surface area contributed by atoms with Crippen LogP contribution in [0, 0.1) is 0 Å². The third-order valence-corrected chi connectivity index (χ3v) is 2.52. The van der Waals surface area contributed by atoms with Crippen LogP contribution in [0.15, 0.2) is 24.3 Å². The maximum atomic E-state index is 12.7. The number of benzene rings is 1. The summed E-state index contributed by atoms with van der Waals surface area (Å²) < 4.78 is 38.2. The summed E-state index contributed by atoms with van der Waals surface area (Å²) in [4.78, 5) is 11.0. The fourth-order valence-corrected chi connectivity index (χ4v) is 1.76. The molecule has 0 heterocycles. The van der Waals surface area contributed by atoms with Crippen LogP contribution in [-0.2, 0) is 11.0 Å². The predicted octanol–water partition coefficient (Wildman–Crippen LogP) is 3.67. The van der Waals surface area contributed by atoms with E-state index in [9.17, 15) is 18.0 Å². The normalized spacial score (nSPS) is 13.4. The molecule has 17 heavy (non-hydrogen) atoms. The van der Waals surface area contributed by atoms with Gasteiger partial charge in [0.15, 0.2) is 0 Å². The van der Waals surface area contributed by atoms with Crippen LogP contribution in [0.1, 0.15) is 36.8 Å². The third kappa shape index (κ3) is 3.22. The average Bonchev–Trinajstić information content (AvgIpc) is 2.24. The molecular formula is C12H13F3O2. The first-order valence-electron chi connectivity index (χ1n) is 5.26. The molecule has 0 aliphatic heterocycles. The van der Waals surface area contributed by atoms with Crippen molar-refractivity contribution in [2.75, 3.05) is 0 Å². The Hall–Kier alpha value is -1.52. The minimum atomic E-state index is -4.52. The SMILES string of the molecule is CCCC(C(=O)O)c1ccccc1C(F)(F)F. The molecule has 0 aliphatic carbocycles. The third-order valence-electron chi connectivity index (χ3n) is 2.52. The second-order valence-electron chi connectivity index (χ2n) is 3.76. The number of aliphatic carboxylic acids is 1. The lowest BCUT2D eigenvalue weighted by Gasteiger charge is -2.17. The van der Waals surface area contributed by atoms with Gasteiger partial charge in [-0.25, -0.2) is 0 Å². The van der Waals surface area contributed by atoms with Crippen LogP contribution in [-0.4, -0.2) is 11.1 Å². The van der Waals surface area contributed by atoms with Crippen LogP contribution in [0.25, 0.3) is 0 Å². The van der Waals surface area contributed by atoms with Crippen molar-refractivity contribution in [1.29, 1.82) is 0 Å². The molecule has 1 N–H and O–H groups in total. The molecule has 1 aromatic rings. The number of halogens is 3. The average molecular weight is 246 g/mol. The van der Waals surface area contributed by atoms with E-state index in [2.05, 4.69) is 0 Å². The Morgan fingerprint density at radius 1 is 1.35 bits per heavy atom. The van der Waals surface area contributed by atoms with E-state index in [0.717, 1.165) is 6.07 Å². The molecule has 0 saturated heterocycles. The van der Waals surface area contributed by atoms with Crippen molar-refractivity contribution < 1.29 is 23.1 Å².